The molecule has 2 atom stereocenters. The number of carbonyl (C=O) groups excluding carboxylic acids is 2. The third kappa shape index (κ3) is 3.49. The van der Waals surface area contributed by atoms with E-state index >= 15 is 0 Å². The summed E-state index contributed by atoms with van der Waals surface area (Å²) in [6.45, 7) is 9.20. The van der Waals surface area contributed by atoms with E-state index in [-0.39, 0.29) is 18.4 Å². The molecular formula is C14H24N2O4. The summed E-state index contributed by atoms with van der Waals surface area (Å²) in [5.41, 5.74) is -1.45. The monoisotopic (exact) mass is 284 g/mol. The van der Waals surface area contributed by atoms with Gasteiger partial charge in [0.2, 0.25) is 11.8 Å². The SMILES string of the molecule is CC(NC(=O)C(C)(C)C)C(=O)N1CCC(C)(C(=O)O)C1. The van der Waals surface area contributed by atoms with E-state index in [0.717, 1.165) is 0 Å². The third-order valence-corrected chi connectivity index (χ3v) is 3.70. The van der Waals surface area contributed by atoms with Gasteiger partial charge in [-0.05, 0) is 20.3 Å². The van der Waals surface area contributed by atoms with Crippen LogP contribution < -0.4 is 5.32 Å². The predicted octanol–water partition coefficient (Wildman–Crippen LogP) is 0.860. The molecule has 2 N–H and O–H groups in total. The fourth-order valence-electron chi connectivity index (χ4n) is 2.07. The highest BCUT2D eigenvalue weighted by atomic mass is 16.4. The van der Waals surface area contributed by atoms with Gasteiger partial charge in [0.25, 0.3) is 0 Å². The number of hydrogen-bond acceptors (Lipinski definition) is 3. The number of carbonyl (C=O) groups is 3. The maximum atomic E-state index is 12.2. The Morgan fingerprint density at radius 1 is 1.30 bits per heavy atom. The summed E-state index contributed by atoms with van der Waals surface area (Å²) in [6, 6.07) is -0.641. The lowest BCUT2D eigenvalue weighted by atomic mass is 9.90. The van der Waals surface area contributed by atoms with Crippen LogP contribution in [0.3, 0.4) is 0 Å². The van der Waals surface area contributed by atoms with Gasteiger partial charge in [0.1, 0.15) is 6.04 Å². The normalized spacial score (nSPS) is 24.4. The second kappa shape index (κ2) is 5.42. The van der Waals surface area contributed by atoms with Gasteiger partial charge in [0, 0.05) is 18.5 Å². The molecule has 1 aliphatic heterocycles. The minimum Gasteiger partial charge on any atom is -0.481 e. The summed E-state index contributed by atoms with van der Waals surface area (Å²) in [6.07, 6.45) is 0.439. The fourth-order valence-corrected chi connectivity index (χ4v) is 2.07. The summed E-state index contributed by atoms with van der Waals surface area (Å²) in [5.74, 6) is -1.31. The van der Waals surface area contributed by atoms with Crippen molar-refractivity contribution in [3.8, 4) is 0 Å². The molecule has 1 saturated heterocycles. The van der Waals surface area contributed by atoms with Crippen molar-refractivity contribution in [2.45, 2.75) is 47.1 Å². The molecule has 0 spiro atoms. The van der Waals surface area contributed by atoms with E-state index in [4.69, 9.17) is 5.11 Å². The van der Waals surface area contributed by atoms with Crippen LogP contribution in [0.4, 0.5) is 0 Å². The number of likely N-dealkylation sites (tertiary alicyclic amines) is 1. The molecule has 0 radical (unpaired) electrons. The quantitative estimate of drug-likeness (QED) is 0.804. The van der Waals surface area contributed by atoms with E-state index in [2.05, 4.69) is 5.32 Å². The number of carboxylic acids is 1. The standard InChI is InChI=1S/C14H24N2O4/c1-9(15-11(18)13(2,3)4)10(17)16-7-6-14(5,8-16)12(19)20/h9H,6-8H2,1-5H3,(H,15,18)(H,19,20). The van der Waals surface area contributed by atoms with E-state index in [1.54, 1.807) is 34.6 Å². The Hall–Kier alpha value is -1.59. The van der Waals surface area contributed by atoms with Crippen LogP contribution in [0.15, 0.2) is 0 Å². The summed E-state index contributed by atoms with van der Waals surface area (Å²) < 4.78 is 0. The lowest BCUT2D eigenvalue weighted by Crippen LogP contribution is -2.49. The lowest BCUT2D eigenvalue weighted by molar-refractivity contribution is -0.147. The second-order valence-electron chi connectivity index (χ2n) is 6.82. The highest BCUT2D eigenvalue weighted by molar-refractivity contribution is 5.90. The van der Waals surface area contributed by atoms with Gasteiger partial charge in [-0.15, -0.1) is 0 Å². The van der Waals surface area contributed by atoms with Crippen molar-refractivity contribution in [2.24, 2.45) is 10.8 Å². The van der Waals surface area contributed by atoms with Crippen LogP contribution in [-0.2, 0) is 14.4 Å². The average molecular weight is 284 g/mol. The van der Waals surface area contributed by atoms with E-state index < -0.39 is 22.8 Å². The van der Waals surface area contributed by atoms with Crippen LogP contribution in [-0.4, -0.2) is 46.9 Å². The zero-order chi connectivity index (χ0) is 15.7. The van der Waals surface area contributed by atoms with Gasteiger partial charge in [0.15, 0.2) is 0 Å². The number of nitrogens with one attached hydrogen (secondary N) is 1. The van der Waals surface area contributed by atoms with E-state index in [1.165, 1.54) is 4.90 Å². The van der Waals surface area contributed by atoms with Gasteiger partial charge >= 0.3 is 5.97 Å². The number of hydrogen-bond donors (Lipinski definition) is 2. The van der Waals surface area contributed by atoms with Crippen LogP contribution in [0.5, 0.6) is 0 Å². The summed E-state index contributed by atoms with van der Waals surface area (Å²) in [4.78, 5) is 36.8. The minimum atomic E-state index is -0.890. The molecule has 6 heteroatoms. The van der Waals surface area contributed by atoms with Crippen LogP contribution in [0.2, 0.25) is 0 Å². The Labute approximate surface area is 119 Å². The second-order valence-corrected chi connectivity index (χ2v) is 6.82. The Balaban J connectivity index is 2.64. The van der Waals surface area contributed by atoms with Crippen molar-refractivity contribution in [2.75, 3.05) is 13.1 Å². The number of nitrogens with zero attached hydrogens (tertiary/aromatic N) is 1. The summed E-state index contributed by atoms with van der Waals surface area (Å²) >= 11 is 0. The van der Waals surface area contributed by atoms with Crippen molar-refractivity contribution >= 4 is 17.8 Å². The highest BCUT2D eigenvalue weighted by Crippen LogP contribution is 2.30. The molecule has 0 aromatic carbocycles. The molecule has 20 heavy (non-hydrogen) atoms. The van der Waals surface area contributed by atoms with Gasteiger partial charge in [-0.2, -0.15) is 0 Å². The zero-order valence-corrected chi connectivity index (χ0v) is 12.8. The van der Waals surface area contributed by atoms with Crippen molar-refractivity contribution in [3.63, 3.8) is 0 Å². The van der Waals surface area contributed by atoms with E-state index in [9.17, 15) is 14.4 Å². The molecule has 0 aromatic heterocycles. The molecule has 0 saturated carbocycles. The van der Waals surface area contributed by atoms with E-state index in [0.29, 0.717) is 13.0 Å². The van der Waals surface area contributed by atoms with Crippen molar-refractivity contribution in [3.05, 3.63) is 0 Å². The van der Waals surface area contributed by atoms with Gasteiger partial charge < -0.3 is 15.3 Å². The predicted molar refractivity (Wildman–Crippen MR) is 74.0 cm³/mol. The molecule has 0 bridgehead atoms. The number of amides is 2. The van der Waals surface area contributed by atoms with Gasteiger partial charge in [-0.1, -0.05) is 20.8 Å². The van der Waals surface area contributed by atoms with Crippen LogP contribution in [0.1, 0.15) is 41.0 Å². The zero-order valence-electron chi connectivity index (χ0n) is 12.8. The molecule has 6 nitrogen and oxygen atoms in total. The third-order valence-electron chi connectivity index (χ3n) is 3.70. The first-order valence-electron chi connectivity index (χ1n) is 6.80. The molecule has 0 aromatic rings. The molecule has 1 aliphatic rings. The maximum Gasteiger partial charge on any atom is 0.311 e. The van der Waals surface area contributed by atoms with Crippen LogP contribution in [0.25, 0.3) is 0 Å². The Morgan fingerprint density at radius 2 is 1.85 bits per heavy atom. The number of aliphatic carboxylic acids is 1. The molecule has 0 aliphatic carbocycles. The molecule has 1 heterocycles. The van der Waals surface area contributed by atoms with Crippen molar-refractivity contribution < 1.29 is 19.5 Å². The smallest absolute Gasteiger partial charge is 0.311 e. The molecule has 114 valence electrons. The number of rotatable bonds is 3. The Bertz CT molecular complexity index is 427. The molecule has 1 fully saturated rings. The van der Waals surface area contributed by atoms with Crippen LogP contribution >= 0.6 is 0 Å². The summed E-state index contributed by atoms with van der Waals surface area (Å²) in [7, 11) is 0. The highest BCUT2D eigenvalue weighted by Gasteiger charge is 2.43. The first-order chi connectivity index (χ1) is 8.97. The van der Waals surface area contributed by atoms with Gasteiger partial charge in [-0.3, -0.25) is 14.4 Å². The van der Waals surface area contributed by atoms with Crippen molar-refractivity contribution in [1.82, 2.24) is 10.2 Å². The first-order valence-corrected chi connectivity index (χ1v) is 6.80. The van der Waals surface area contributed by atoms with E-state index in [1.807, 2.05) is 0 Å². The average Bonchev–Trinajstić information content (AvgIpc) is 2.71. The fraction of sp³-hybridized carbons (Fsp3) is 0.786. The maximum absolute atomic E-state index is 12.2. The Morgan fingerprint density at radius 3 is 2.25 bits per heavy atom. The molecular weight excluding hydrogens is 260 g/mol. The summed E-state index contributed by atoms with van der Waals surface area (Å²) in [5, 5.41) is 11.8. The van der Waals surface area contributed by atoms with Gasteiger partial charge in [0.05, 0.1) is 5.41 Å². The topological polar surface area (TPSA) is 86.7 Å². The minimum absolute atomic E-state index is 0.191. The van der Waals surface area contributed by atoms with Crippen molar-refractivity contribution in [1.29, 1.82) is 0 Å². The molecule has 1 rings (SSSR count). The van der Waals surface area contributed by atoms with Gasteiger partial charge in [-0.25, -0.2) is 0 Å². The first kappa shape index (κ1) is 16.5. The molecule has 2 unspecified atom stereocenters. The molecule has 2 amide bonds. The largest absolute Gasteiger partial charge is 0.481 e. The lowest BCUT2D eigenvalue weighted by Gasteiger charge is -2.26. The number of carboxylic acid groups (broad SMARTS) is 1. The van der Waals surface area contributed by atoms with Crippen LogP contribution in [0, 0.1) is 10.8 Å². The Kier molecular flexibility index (Phi) is 4.46.